The Labute approximate surface area is 108 Å². The summed E-state index contributed by atoms with van der Waals surface area (Å²) in [4.78, 5) is 11.2. The molecule has 0 aliphatic rings. The van der Waals surface area contributed by atoms with Gasteiger partial charge in [-0.3, -0.25) is 4.79 Å². The Morgan fingerprint density at radius 2 is 2.00 bits per heavy atom. The Balaban J connectivity index is 2.63. The first kappa shape index (κ1) is 14.5. The van der Waals surface area contributed by atoms with E-state index in [2.05, 4.69) is 5.32 Å². The van der Waals surface area contributed by atoms with Gasteiger partial charge in [-0.1, -0.05) is 17.7 Å². The molecule has 0 aromatic heterocycles. The summed E-state index contributed by atoms with van der Waals surface area (Å²) in [5.74, 6) is -0.110. The Bertz CT molecular complexity index is 402. The molecule has 0 saturated heterocycles. The predicted molar refractivity (Wildman–Crippen MR) is 71.0 cm³/mol. The topological polar surface area (TPSA) is 58.6 Å². The molecule has 2 N–H and O–H groups in total. The Hall–Kier alpha value is -1.55. The van der Waals surface area contributed by atoms with E-state index >= 15 is 0 Å². The number of nitrogens with one attached hydrogen (secondary N) is 1. The fourth-order valence-electron chi connectivity index (χ4n) is 1.76. The third kappa shape index (κ3) is 3.74. The second kappa shape index (κ2) is 5.87. The minimum Gasteiger partial charge on any atom is -0.491 e. The molecule has 18 heavy (non-hydrogen) atoms. The number of hydrogen-bond acceptors (Lipinski definition) is 3. The Kier molecular flexibility index (Phi) is 4.73. The number of rotatable bonds is 6. The summed E-state index contributed by atoms with van der Waals surface area (Å²) in [6, 6.07) is 7.72. The highest BCUT2D eigenvalue weighted by Gasteiger charge is 2.33. The SMILES string of the molecule is CNC(C)(CC(C)Oc1ccc(C)cc1)C(=O)O. The van der Waals surface area contributed by atoms with Gasteiger partial charge in [0.2, 0.25) is 0 Å². The highest BCUT2D eigenvalue weighted by atomic mass is 16.5. The summed E-state index contributed by atoms with van der Waals surface area (Å²) in [6.45, 7) is 5.54. The molecule has 0 aliphatic heterocycles. The first-order chi connectivity index (χ1) is 8.37. The fraction of sp³-hybridized carbons (Fsp3) is 0.500. The lowest BCUT2D eigenvalue weighted by molar-refractivity contribution is -0.145. The lowest BCUT2D eigenvalue weighted by atomic mass is 9.95. The molecule has 1 aromatic rings. The third-order valence-corrected chi connectivity index (χ3v) is 3.08. The van der Waals surface area contributed by atoms with Gasteiger partial charge in [-0.2, -0.15) is 0 Å². The van der Waals surface area contributed by atoms with Crippen molar-refractivity contribution < 1.29 is 14.6 Å². The van der Waals surface area contributed by atoms with E-state index in [1.807, 2.05) is 38.1 Å². The maximum atomic E-state index is 11.2. The van der Waals surface area contributed by atoms with Gasteiger partial charge in [0.05, 0.1) is 6.10 Å². The van der Waals surface area contributed by atoms with Crippen LogP contribution < -0.4 is 10.1 Å². The van der Waals surface area contributed by atoms with Crippen LogP contribution in [0.1, 0.15) is 25.8 Å². The largest absolute Gasteiger partial charge is 0.491 e. The van der Waals surface area contributed by atoms with Crippen molar-refractivity contribution in [3.05, 3.63) is 29.8 Å². The zero-order chi connectivity index (χ0) is 13.8. The van der Waals surface area contributed by atoms with Crippen LogP contribution >= 0.6 is 0 Å². The average Bonchev–Trinajstić information content (AvgIpc) is 2.31. The van der Waals surface area contributed by atoms with Crippen LogP contribution in [0.4, 0.5) is 0 Å². The summed E-state index contributed by atoms with van der Waals surface area (Å²) in [5, 5.41) is 12.0. The van der Waals surface area contributed by atoms with Crippen LogP contribution in [0.5, 0.6) is 5.75 Å². The van der Waals surface area contributed by atoms with Gasteiger partial charge in [0.25, 0.3) is 0 Å². The van der Waals surface area contributed by atoms with Gasteiger partial charge in [0.1, 0.15) is 11.3 Å². The van der Waals surface area contributed by atoms with E-state index in [1.165, 1.54) is 5.56 Å². The van der Waals surface area contributed by atoms with Crippen LogP contribution in [0.3, 0.4) is 0 Å². The second-order valence-corrected chi connectivity index (χ2v) is 4.83. The van der Waals surface area contributed by atoms with Crippen molar-refractivity contribution >= 4 is 5.97 Å². The first-order valence-corrected chi connectivity index (χ1v) is 6.03. The molecule has 0 heterocycles. The van der Waals surface area contributed by atoms with Crippen LogP contribution in [0.2, 0.25) is 0 Å². The minimum absolute atomic E-state index is 0.179. The number of likely N-dealkylation sites (N-methyl/N-ethyl adjacent to an activating group) is 1. The third-order valence-electron chi connectivity index (χ3n) is 3.08. The number of benzene rings is 1. The zero-order valence-corrected chi connectivity index (χ0v) is 11.4. The van der Waals surface area contributed by atoms with Gasteiger partial charge in [-0.05, 0) is 40.0 Å². The molecule has 0 amide bonds. The molecule has 0 bridgehead atoms. The van der Waals surface area contributed by atoms with Gasteiger partial charge in [0.15, 0.2) is 0 Å². The first-order valence-electron chi connectivity index (χ1n) is 6.03. The van der Waals surface area contributed by atoms with E-state index < -0.39 is 11.5 Å². The molecule has 2 unspecified atom stereocenters. The number of carboxylic acids is 1. The quantitative estimate of drug-likeness (QED) is 0.814. The predicted octanol–water partition coefficient (Wildman–Crippen LogP) is 2.22. The van der Waals surface area contributed by atoms with Crippen LogP contribution in [0.25, 0.3) is 0 Å². The Morgan fingerprint density at radius 3 is 2.44 bits per heavy atom. The van der Waals surface area contributed by atoms with Crippen molar-refractivity contribution in [2.24, 2.45) is 0 Å². The lowest BCUT2D eigenvalue weighted by Gasteiger charge is -2.27. The van der Waals surface area contributed by atoms with Crippen molar-refractivity contribution in [1.82, 2.24) is 5.32 Å². The van der Waals surface area contributed by atoms with Crippen LogP contribution in [0, 0.1) is 6.92 Å². The lowest BCUT2D eigenvalue weighted by Crippen LogP contribution is -2.50. The summed E-state index contributed by atoms with van der Waals surface area (Å²) in [6.07, 6.45) is 0.216. The summed E-state index contributed by atoms with van der Waals surface area (Å²) >= 11 is 0. The maximum absolute atomic E-state index is 11.2. The van der Waals surface area contributed by atoms with E-state index in [-0.39, 0.29) is 6.10 Å². The summed E-state index contributed by atoms with van der Waals surface area (Å²) in [7, 11) is 1.65. The van der Waals surface area contributed by atoms with E-state index in [1.54, 1.807) is 14.0 Å². The average molecular weight is 251 g/mol. The van der Waals surface area contributed by atoms with Gasteiger partial charge in [0, 0.05) is 6.42 Å². The van der Waals surface area contributed by atoms with Crippen LogP contribution in [-0.4, -0.2) is 29.8 Å². The van der Waals surface area contributed by atoms with Crippen LogP contribution in [-0.2, 0) is 4.79 Å². The molecule has 0 saturated carbocycles. The van der Waals surface area contributed by atoms with Crippen molar-refractivity contribution in [2.45, 2.75) is 38.8 Å². The van der Waals surface area contributed by atoms with E-state index in [0.29, 0.717) is 6.42 Å². The van der Waals surface area contributed by atoms with Gasteiger partial charge in [-0.25, -0.2) is 0 Å². The van der Waals surface area contributed by atoms with E-state index in [9.17, 15) is 4.79 Å². The molecule has 0 aliphatic carbocycles. The van der Waals surface area contributed by atoms with Gasteiger partial charge < -0.3 is 15.2 Å². The smallest absolute Gasteiger partial charge is 0.323 e. The molecular formula is C14H21NO3. The van der Waals surface area contributed by atoms with Gasteiger partial charge in [-0.15, -0.1) is 0 Å². The monoisotopic (exact) mass is 251 g/mol. The second-order valence-electron chi connectivity index (χ2n) is 4.83. The number of aliphatic carboxylic acids is 1. The maximum Gasteiger partial charge on any atom is 0.323 e. The van der Waals surface area contributed by atoms with Crippen molar-refractivity contribution in [3.8, 4) is 5.75 Å². The molecule has 0 radical (unpaired) electrons. The number of carbonyl (C=O) groups is 1. The molecule has 4 nitrogen and oxygen atoms in total. The number of aryl methyl sites for hydroxylation is 1. The number of hydrogen-bond donors (Lipinski definition) is 2. The zero-order valence-electron chi connectivity index (χ0n) is 11.4. The molecular weight excluding hydrogens is 230 g/mol. The fourth-order valence-corrected chi connectivity index (χ4v) is 1.76. The highest BCUT2D eigenvalue weighted by Crippen LogP contribution is 2.19. The van der Waals surface area contributed by atoms with Crippen molar-refractivity contribution in [3.63, 3.8) is 0 Å². The number of carboxylic acid groups (broad SMARTS) is 1. The summed E-state index contributed by atoms with van der Waals surface area (Å²) in [5.41, 5.74) is 0.199. The minimum atomic E-state index is -0.968. The standard InChI is InChI=1S/C14H21NO3/c1-10-5-7-12(8-6-10)18-11(2)9-14(3,15-4)13(16)17/h5-8,11,15H,9H2,1-4H3,(H,16,17). The molecule has 1 rings (SSSR count). The molecule has 1 aromatic carbocycles. The Morgan fingerprint density at radius 1 is 1.44 bits per heavy atom. The summed E-state index contributed by atoms with van der Waals surface area (Å²) < 4.78 is 5.71. The highest BCUT2D eigenvalue weighted by molar-refractivity contribution is 5.78. The molecule has 0 fully saturated rings. The molecule has 100 valence electrons. The normalized spacial score (nSPS) is 15.8. The van der Waals surface area contributed by atoms with E-state index in [4.69, 9.17) is 9.84 Å². The molecule has 0 spiro atoms. The van der Waals surface area contributed by atoms with Crippen molar-refractivity contribution in [2.75, 3.05) is 7.05 Å². The number of ether oxygens (including phenoxy) is 1. The molecule has 4 heteroatoms. The van der Waals surface area contributed by atoms with E-state index in [0.717, 1.165) is 5.75 Å². The van der Waals surface area contributed by atoms with Crippen molar-refractivity contribution in [1.29, 1.82) is 0 Å². The molecule has 2 atom stereocenters. The van der Waals surface area contributed by atoms with Gasteiger partial charge >= 0.3 is 5.97 Å². The van der Waals surface area contributed by atoms with Crippen LogP contribution in [0.15, 0.2) is 24.3 Å².